The van der Waals surface area contributed by atoms with Gasteiger partial charge in [-0.15, -0.1) is 15.3 Å². The Hall–Kier alpha value is -3.95. The lowest BCUT2D eigenvalue weighted by Crippen LogP contribution is -2.52. The fourth-order valence-electron chi connectivity index (χ4n) is 3.72. The molecular weight excluding hydrogens is 415 g/mol. The zero-order valence-electron chi connectivity index (χ0n) is 17.4. The quantitative estimate of drug-likeness (QED) is 0.475. The highest BCUT2D eigenvalue weighted by Gasteiger charge is 2.27. The van der Waals surface area contributed by atoms with Gasteiger partial charge in [-0.3, -0.25) is 4.79 Å². The van der Waals surface area contributed by atoms with E-state index in [1.807, 2.05) is 18.2 Å². The molecular formula is C22H21FN6O3. The highest BCUT2D eigenvalue weighted by Crippen LogP contribution is 2.21. The molecule has 0 bridgehead atoms. The zero-order valence-corrected chi connectivity index (χ0v) is 17.4. The summed E-state index contributed by atoms with van der Waals surface area (Å²) in [6.07, 6.45) is 0.876. The molecule has 1 aromatic carbocycles. The largest absolute Gasteiger partial charge is 0.481 e. The average molecular weight is 436 g/mol. The van der Waals surface area contributed by atoms with E-state index in [1.165, 1.54) is 12.1 Å². The molecule has 0 N–H and O–H groups in total. The number of benzene rings is 1. The molecule has 3 aromatic heterocycles. The number of carbonyl (C=O) groups is 1. The number of aromatic nitrogens is 4. The number of ether oxygens (including phenoxy) is 1. The summed E-state index contributed by atoms with van der Waals surface area (Å²) < 4.78 is 26.1. The van der Waals surface area contributed by atoms with Crippen LogP contribution in [0.25, 0.3) is 17.2 Å². The Bertz CT molecular complexity index is 1230. The topological polar surface area (TPSA) is 89.0 Å². The number of fused-ring (bicyclic) bond motifs is 1. The second kappa shape index (κ2) is 8.29. The minimum absolute atomic E-state index is 0.128. The van der Waals surface area contributed by atoms with Crippen LogP contribution < -0.4 is 9.64 Å². The summed E-state index contributed by atoms with van der Waals surface area (Å²) in [4.78, 5) is 16.6. The van der Waals surface area contributed by atoms with Crippen molar-refractivity contribution in [1.29, 1.82) is 0 Å². The molecule has 1 aliphatic rings. The van der Waals surface area contributed by atoms with Gasteiger partial charge < -0.3 is 19.0 Å². The third-order valence-electron chi connectivity index (χ3n) is 5.36. The number of anilines is 1. The first kappa shape index (κ1) is 20.0. The molecule has 4 heterocycles. The molecule has 1 amide bonds. The van der Waals surface area contributed by atoms with E-state index in [0.29, 0.717) is 49.2 Å². The van der Waals surface area contributed by atoms with E-state index >= 15 is 0 Å². The summed E-state index contributed by atoms with van der Waals surface area (Å²) in [7, 11) is 0. The Labute approximate surface area is 183 Å². The first-order valence-electron chi connectivity index (χ1n) is 10.3. The number of piperazine rings is 1. The van der Waals surface area contributed by atoms with Gasteiger partial charge in [0.1, 0.15) is 17.4 Å². The van der Waals surface area contributed by atoms with Crippen LogP contribution in [-0.2, 0) is 4.79 Å². The predicted octanol–water partition coefficient (Wildman–Crippen LogP) is 2.64. The Morgan fingerprint density at radius 3 is 2.69 bits per heavy atom. The number of furan rings is 1. The second-order valence-corrected chi connectivity index (χ2v) is 7.49. The Morgan fingerprint density at radius 1 is 1.09 bits per heavy atom. The van der Waals surface area contributed by atoms with Gasteiger partial charge in [0.25, 0.3) is 5.91 Å². The van der Waals surface area contributed by atoms with Crippen LogP contribution in [0.2, 0.25) is 0 Å². The first-order valence-corrected chi connectivity index (χ1v) is 10.3. The molecule has 0 unspecified atom stereocenters. The third-order valence-corrected chi connectivity index (χ3v) is 5.36. The Morgan fingerprint density at radius 2 is 1.94 bits per heavy atom. The number of hydrogen-bond donors (Lipinski definition) is 0. The standard InChI is InChI=1S/C22H21FN6O3/c1-15(32-17-5-2-4-16(23)14-17)22(30)28-11-9-27(10-12-28)20-8-7-19-24-25-21(29(19)26-20)18-6-3-13-31-18/h2-8,13-15H,9-12H2,1H3/t15-/m1/s1. The van der Waals surface area contributed by atoms with E-state index < -0.39 is 11.9 Å². The minimum atomic E-state index is -0.703. The van der Waals surface area contributed by atoms with Crippen molar-refractivity contribution < 1.29 is 18.3 Å². The van der Waals surface area contributed by atoms with E-state index in [-0.39, 0.29) is 5.91 Å². The van der Waals surface area contributed by atoms with Crippen molar-refractivity contribution in [1.82, 2.24) is 24.7 Å². The highest BCUT2D eigenvalue weighted by molar-refractivity contribution is 5.81. The van der Waals surface area contributed by atoms with Crippen molar-refractivity contribution in [3.05, 3.63) is 60.6 Å². The third kappa shape index (κ3) is 3.86. The summed E-state index contributed by atoms with van der Waals surface area (Å²) in [5.41, 5.74) is 0.622. The maximum absolute atomic E-state index is 13.4. The monoisotopic (exact) mass is 436 g/mol. The molecule has 164 valence electrons. The molecule has 4 aromatic rings. The molecule has 32 heavy (non-hydrogen) atoms. The fourth-order valence-corrected chi connectivity index (χ4v) is 3.72. The van der Waals surface area contributed by atoms with Gasteiger partial charge in [0.2, 0.25) is 5.82 Å². The lowest BCUT2D eigenvalue weighted by Gasteiger charge is -2.36. The molecule has 5 rings (SSSR count). The normalized spacial score (nSPS) is 15.2. The van der Waals surface area contributed by atoms with Gasteiger partial charge in [0.05, 0.1) is 6.26 Å². The maximum atomic E-state index is 13.4. The number of hydrogen-bond acceptors (Lipinski definition) is 7. The molecule has 1 fully saturated rings. The van der Waals surface area contributed by atoms with E-state index in [9.17, 15) is 9.18 Å². The number of nitrogens with zero attached hydrogens (tertiary/aromatic N) is 6. The summed E-state index contributed by atoms with van der Waals surface area (Å²) in [6, 6.07) is 13.1. The van der Waals surface area contributed by atoms with Gasteiger partial charge in [-0.25, -0.2) is 4.39 Å². The summed E-state index contributed by atoms with van der Waals surface area (Å²) in [5, 5.41) is 13.0. The van der Waals surface area contributed by atoms with Gasteiger partial charge in [-0.05, 0) is 43.3 Å². The molecule has 1 aliphatic heterocycles. The molecule has 0 spiro atoms. The van der Waals surface area contributed by atoms with Crippen LogP contribution in [0.5, 0.6) is 5.75 Å². The Balaban J connectivity index is 1.25. The molecule has 0 aliphatic carbocycles. The Kier molecular flexibility index (Phi) is 5.18. The number of amides is 1. The van der Waals surface area contributed by atoms with Crippen molar-refractivity contribution >= 4 is 17.4 Å². The summed E-state index contributed by atoms with van der Waals surface area (Å²) in [5.74, 6) is 1.69. The maximum Gasteiger partial charge on any atom is 0.263 e. The van der Waals surface area contributed by atoms with Crippen molar-refractivity contribution in [2.75, 3.05) is 31.1 Å². The number of carbonyl (C=O) groups excluding carboxylic acids is 1. The van der Waals surface area contributed by atoms with Crippen LogP contribution in [0.4, 0.5) is 10.2 Å². The van der Waals surface area contributed by atoms with Crippen LogP contribution >= 0.6 is 0 Å². The SMILES string of the molecule is C[C@@H](Oc1cccc(F)c1)C(=O)N1CCN(c2ccc3nnc(-c4ccco4)n3n2)CC1. The number of halogens is 1. The van der Waals surface area contributed by atoms with E-state index in [4.69, 9.17) is 9.15 Å². The highest BCUT2D eigenvalue weighted by atomic mass is 19.1. The van der Waals surface area contributed by atoms with Crippen LogP contribution in [0.15, 0.2) is 59.2 Å². The van der Waals surface area contributed by atoms with Gasteiger partial charge in [-0.1, -0.05) is 6.07 Å². The molecule has 0 saturated carbocycles. The smallest absolute Gasteiger partial charge is 0.263 e. The van der Waals surface area contributed by atoms with Crippen LogP contribution in [0.3, 0.4) is 0 Å². The van der Waals surface area contributed by atoms with E-state index in [0.717, 1.165) is 5.82 Å². The lowest BCUT2D eigenvalue weighted by atomic mass is 10.2. The summed E-state index contributed by atoms with van der Waals surface area (Å²) in [6.45, 7) is 3.98. The van der Waals surface area contributed by atoms with Crippen molar-refractivity contribution in [3.8, 4) is 17.3 Å². The van der Waals surface area contributed by atoms with E-state index in [2.05, 4.69) is 20.2 Å². The van der Waals surface area contributed by atoms with Gasteiger partial charge in [-0.2, -0.15) is 4.52 Å². The van der Waals surface area contributed by atoms with Crippen LogP contribution in [0.1, 0.15) is 6.92 Å². The van der Waals surface area contributed by atoms with Crippen molar-refractivity contribution in [2.24, 2.45) is 0 Å². The van der Waals surface area contributed by atoms with Crippen LogP contribution in [-0.4, -0.2) is 62.9 Å². The minimum Gasteiger partial charge on any atom is -0.481 e. The van der Waals surface area contributed by atoms with E-state index in [1.54, 1.807) is 40.8 Å². The van der Waals surface area contributed by atoms with Crippen molar-refractivity contribution in [3.63, 3.8) is 0 Å². The molecule has 10 heteroatoms. The lowest BCUT2D eigenvalue weighted by molar-refractivity contribution is -0.138. The molecule has 1 saturated heterocycles. The van der Waals surface area contributed by atoms with Gasteiger partial charge >= 0.3 is 0 Å². The van der Waals surface area contributed by atoms with Gasteiger partial charge in [0.15, 0.2) is 17.5 Å². The van der Waals surface area contributed by atoms with Crippen molar-refractivity contribution in [2.45, 2.75) is 13.0 Å². The second-order valence-electron chi connectivity index (χ2n) is 7.49. The summed E-state index contributed by atoms with van der Waals surface area (Å²) >= 11 is 0. The average Bonchev–Trinajstić information content (AvgIpc) is 3.48. The fraction of sp³-hybridized carbons (Fsp3) is 0.273. The zero-order chi connectivity index (χ0) is 22.1. The predicted molar refractivity (Wildman–Crippen MR) is 114 cm³/mol. The van der Waals surface area contributed by atoms with Gasteiger partial charge in [0, 0.05) is 32.2 Å². The molecule has 1 atom stereocenters. The molecule has 0 radical (unpaired) electrons. The van der Waals surface area contributed by atoms with Crippen LogP contribution in [0, 0.1) is 5.82 Å². The number of rotatable bonds is 5. The molecule has 9 nitrogen and oxygen atoms in total. The first-order chi connectivity index (χ1) is 15.6.